The Morgan fingerprint density at radius 1 is 1.04 bits per heavy atom. The third-order valence-corrected chi connectivity index (χ3v) is 4.08. The van der Waals surface area contributed by atoms with E-state index in [2.05, 4.69) is 29.2 Å². The van der Waals surface area contributed by atoms with E-state index in [0.29, 0.717) is 24.7 Å². The highest BCUT2D eigenvalue weighted by molar-refractivity contribution is 5.78. The van der Waals surface area contributed by atoms with Crippen molar-refractivity contribution in [1.29, 1.82) is 0 Å². The van der Waals surface area contributed by atoms with Crippen molar-refractivity contribution in [2.75, 3.05) is 7.05 Å². The minimum Gasteiger partial charge on any atom is -0.337 e. The van der Waals surface area contributed by atoms with Crippen molar-refractivity contribution in [2.24, 2.45) is 0 Å². The minimum absolute atomic E-state index is 0.0173. The summed E-state index contributed by atoms with van der Waals surface area (Å²) >= 11 is 0. The first kappa shape index (κ1) is 16.9. The van der Waals surface area contributed by atoms with Gasteiger partial charge in [-0.2, -0.15) is 4.98 Å². The molecule has 1 amide bonds. The fourth-order valence-corrected chi connectivity index (χ4v) is 2.52. The van der Waals surface area contributed by atoms with E-state index in [1.807, 2.05) is 42.5 Å². The van der Waals surface area contributed by atoms with Gasteiger partial charge in [0.1, 0.15) is 0 Å². The molecule has 128 valence electrons. The Bertz CT molecular complexity index is 826. The minimum atomic E-state index is 0.0173. The lowest BCUT2D eigenvalue weighted by atomic mass is 10.1. The van der Waals surface area contributed by atoms with Gasteiger partial charge in [0.25, 0.3) is 0 Å². The topological polar surface area (TPSA) is 59.2 Å². The smallest absolute Gasteiger partial charge is 0.246 e. The van der Waals surface area contributed by atoms with Crippen LogP contribution in [-0.4, -0.2) is 28.0 Å². The summed E-state index contributed by atoms with van der Waals surface area (Å²) in [4.78, 5) is 18.4. The molecule has 1 aromatic heterocycles. The number of aryl methyl sites for hydroxylation is 1. The van der Waals surface area contributed by atoms with Crippen molar-refractivity contribution in [3.8, 4) is 11.4 Å². The molecule has 0 atom stereocenters. The van der Waals surface area contributed by atoms with Gasteiger partial charge in [0, 0.05) is 12.6 Å². The maximum Gasteiger partial charge on any atom is 0.246 e. The van der Waals surface area contributed by atoms with Crippen molar-refractivity contribution in [2.45, 2.75) is 26.3 Å². The van der Waals surface area contributed by atoms with Crippen molar-refractivity contribution >= 4 is 5.91 Å². The number of nitrogens with zero attached hydrogens (tertiary/aromatic N) is 3. The Balaban J connectivity index is 1.60. The molecule has 25 heavy (non-hydrogen) atoms. The van der Waals surface area contributed by atoms with Crippen molar-refractivity contribution < 1.29 is 9.32 Å². The van der Waals surface area contributed by atoms with Crippen LogP contribution in [0.2, 0.25) is 0 Å². The molecule has 0 saturated heterocycles. The average Bonchev–Trinajstić information content (AvgIpc) is 3.11. The molecule has 5 heteroatoms. The summed E-state index contributed by atoms with van der Waals surface area (Å²) in [5, 5.41) is 3.98. The molecule has 3 aromatic rings. The summed E-state index contributed by atoms with van der Waals surface area (Å²) in [6.45, 7) is 2.41. The number of aromatic nitrogens is 2. The zero-order valence-electron chi connectivity index (χ0n) is 14.5. The molecular formula is C20H21N3O2. The molecule has 5 nitrogen and oxygen atoms in total. The van der Waals surface area contributed by atoms with E-state index in [0.717, 1.165) is 17.5 Å². The molecule has 0 aliphatic rings. The van der Waals surface area contributed by atoms with E-state index in [9.17, 15) is 4.79 Å². The van der Waals surface area contributed by atoms with Gasteiger partial charge in [-0.1, -0.05) is 66.7 Å². The largest absolute Gasteiger partial charge is 0.337 e. The summed E-state index contributed by atoms with van der Waals surface area (Å²) < 4.78 is 5.27. The fourth-order valence-electron chi connectivity index (χ4n) is 2.52. The first-order chi connectivity index (χ1) is 12.2. The summed E-state index contributed by atoms with van der Waals surface area (Å²) in [6, 6.07) is 17.8. The number of amides is 1. The van der Waals surface area contributed by atoms with E-state index in [1.165, 1.54) is 5.56 Å². The van der Waals surface area contributed by atoms with Crippen LogP contribution in [0, 0.1) is 0 Å². The standard InChI is InChI=1S/C20H21N3O2/c1-3-15-9-11-16(12-10-15)13-19(24)23(2)14-18-21-20(22-25-18)17-7-5-4-6-8-17/h4-12H,3,13-14H2,1-2H3. The van der Waals surface area contributed by atoms with Crippen LogP contribution in [0.1, 0.15) is 23.9 Å². The first-order valence-electron chi connectivity index (χ1n) is 8.35. The van der Waals surface area contributed by atoms with Crippen LogP contribution in [0.25, 0.3) is 11.4 Å². The maximum atomic E-state index is 12.4. The lowest BCUT2D eigenvalue weighted by Crippen LogP contribution is -2.27. The van der Waals surface area contributed by atoms with Crippen LogP contribution in [-0.2, 0) is 24.2 Å². The Kier molecular flexibility index (Phi) is 5.23. The Labute approximate surface area is 147 Å². The predicted molar refractivity (Wildman–Crippen MR) is 95.7 cm³/mol. The Hall–Kier alpha value is -2.95. The van der Waals surface area contributed by atoms with Gasteiger partial charge in [-0.25, -0.2) is 0 Å². The zero-order valence-corrected chi connectivity index (χ0v) is 14.5. The van der Waals surface area contributed by atoms with Gasteiger partial charge in [0.2, 0.25) is 17.6 Å². The van der Waals surface area contributed by atoms with Gasteiger partial charge in [0.15, 0.2) is 0 Å². The van der Waals surface area contributed by atoms with Crippen LogP contribution < -0.4 is 0 Å². The van der Waals surface area contributed by atoms with Crippen LogP contribution in [0.4, 0.5) is 0 Å². The molecule has 0 spiro atoms. The molecule has 3 rings (SSSR count). The SMILES string of the molecule is CCc1ccc(CC(=O)N(C)Cc2nc(-c3ccccc3)no2)cc1. The number of hydrogen-bond acceptors (Lipinski definition) is 4. The van der Waals surface area contributed by atoms with Crippen molar-refractivity contribution in [3.63, 3.8) is 0 Å². The normalized spacial score (nSPS) is 10.6. The highest BCUT2D eigenvalue weighted by atomic mass is 16.5. The number of benzene rings is 2. The van der Waals surface area contributed by atoms with Crippen LogP contribution in [0.3, 0.4) is 0 Å². The average molecular weight is 335 g/mol. The highest BCUT2D eigenvalue weighted by Gasteiger charge is 2.15. The molecule has 2 aromatic carbocycles. The lowest BCUT2D eigenvalue weighted by Gasteiger charge is -2.14. The monoisotopic (exact) mass is 335 g/mol. The predicted octanol–water partition coefficient (Wildman–Crippen LogP) is 3.50. The number of carbonyl (C=O) groups excluding carboxylic acids is 1. The molecule has 1 heterocycles. The third kappa shape index (κ3) is 4.32. The molecule has 0 unspecified atom stereocenters. The molecule has 0 radical (unpaired) electrons. The molecule has 0 saturated carbocycles. The molecule has 0 fully saturated rings. The van der Waals surface area contributed by atoms with Gasteiger partial charge in [-0.15, -0.1) is 0 Å². The molecule has 0 aliphatic heterocycles. The Morgan fingerprint density at radius 3 is 2.40 bits per heavy atom. The zero-order chi connectivity index (χ0) is 17.6. The second kappa shape index (κ2) is 7.75. The van der Waals surface area contributed by atoms with Gasteiger partial charge in [-0.05, 0) is 17.5 Å². The van der Waals surface area contributed by atoms with E-state index in [-0.39, 0.29) is 5.91 Å². The number of carbonyl (C=O) groups is 1. The summed E-state index contributed by atoms with van der Waals surface area (Å²) in [7, 11) is 1.75. The van der Waals surface area contributed by atoms with E-state index in [4.69, 9.17) is 4.52 Å². The summed E-state index contributed by atoms with van der Waals surface area (Å²) in [5.74, 6) is 0.978. The molecule has 0 N–H and O–H groups in total. The number of rotatable bonds is 6. The van der Waals surface area contributed by atoms with Crippen LogP contribution in [0.15, 0.2) is 59.1 Å². The van der Waals surface area contributed by atoms with Gasteiger partial charge in [0.05, 0.1) is 13.0 Å². The molecule has 0 bridgehead atoms. The quantitative estimate of drug-likeness (QED) is 0.692. The highest BCUT2D eigenvalue weighted by Crippen LogP contribution is 2.15. The van der Waals surface area contributed by atoms with Crippen molar-refractivity contribution in [1.82, 2.24) is 15.0 Å². The Morgan fingerprint density at radius 2 is 1.72 bits per heavy atom. The molecule has 0 aliphatic carbocycles. The van der Waals surface area contributed by atoms with Gasteiger partial charge >= 0.3 is 0 Å². The second-order valence-corrected chi connectivity index (χ2v) is 5.97. The summed E-state index contributed by atoms with van der Waals surface area (Å²) in [6.07, 6.45) is 1.36. The van der Waals surface area contributed by atoms with E-state index >= 15 is 0 Å². The van der Waals surface area contributed by atoms with Crippen LogP contribution >= 0.6 is 0 Å². The molecular weight excluding hydrogens is 314 g/mol. The summed E-state index contributed by atoms with van der Waals surface area (Å²) in [5.41, 5.74) is 3.16. The lowest BCUT2D eigenvalue weighted by molar-refractivity contribution is -0.130. The fraction of sp³-hybridized carbons (Fsp3) is 0.250. The first-order valence-corrected chi connectivity index (χ1v) is 8.35. The van der Waals surface area contributed by atoms with Gasteiger partial charge in [-0.3, -0.25) is 4.79 Å². The van der Waals surface area contributed by atoms with E-state index < -0.39 is 0 Å². The number of likely N-dealkylation sites (N-methyl/N-ethyl adjacent to an activating group) is 1. The van der Waals surface area contributed by atoms with E-state index in [1.54, 1.807) is 11.9 Å². The van der Waals surface area contributed by atoms with Gasteiger partial charge < -0.3 is 9.42 Å². The maximum absolute atomic E-state index is 12.4. The third-order valence-electron chi connectivity index (χ3n) is 4.08. The number of hydrogen-bond donors (Lipinski definition) is 0. The second-order valence-electron chi connectivity index (χ2n) is 5.97. The van der Waals surface area contributed by atoms with Crippen LogP contribution in [0.5, 0.6) is 0 Å². The van der Waals surface area contributed by atoms with Crippen molar-refractivity contribution in [3.05, 3.63) is 71.6 Å².